The molecule has 1 aromatic heterocycles. The zero-order valence-corrected chi connectivity index (χ0v) is 11.7. The molecule has 0 saturated carbocycles. The molecule has 0 aliphatic rings. The molecular formula is C17H18N2O. The van der Waals surface area contributed by atoms with Gasteiger partial charge in [0.2, 0.25) is 6.41 Å². The van der Waals surface area contributed by atoms with Crippen molar-refractivity contribution in [3.05, 3.63) is 60.2 Å². The molecule has 0 fully saturated rings. The summed E-state index contributed by atoms with van der Waals surface area (Å²) in [5.74, 6) is 0. The second kappa shape index (κ2) is 6.06. The van der Waals surface area contributed by atoms with Gasteiger partial charge in [0.05, 0.1) is 5.69 Å². The van der Waals surface area contributed by atoms with E-state index in [1.54, 1.807) is 0 Å². The number of hydrogen-bond acceptors (Lipinski definition) is 1. The van der Waals surface area contributed by atoms with Crippen LogP contribution >= 0.6 is 0 Å². The predicted molar refractivity (Wildman–Crippen MR) is 83.3 cm³/mol. The lowest BCUT2D eigenvalue weighted by Crippen LogP contribution is -1.91. The fourth-order valence-corrected chi connectivity index (χ4v) is 2.59. The Kier molecular flexibility index (Phi) is 4.20. The summed E-state index contributed by atoms with van der Waals surface area (Å²) in [6.07, 6.45) is 0.250. The molecule has 3 heteroatoms. The molecule has 0 radical (unpaired) electrons. The Morgan fingerprint density at radius 2 is 1.55 bits per heavy atom. The summed E-state index contributed by atoms with van der Waals surface area (Å²) in [6.45, 7) is 2.20. The zero-order chi connectivity index (χ0) is 14.5. The summed E-state index contributed by atoms with van der Waals surface area (Å²) in [4.78, 5) is 8.58. The number of nitrogens with zero attached hydrogens (tertiary/aromatic N) is 1. The van der Waals surface area contributed by atoms with Gasteiger partial charge in [0, 0.05) is 18.0 Å². The molecule has 0 atom stereocenters. The largest absolute Gasteiger partial charge is 0.372 e. The van der Waals surface area contributed by atoms with Gasteiger partial charge in [0.1, 0.15) is 0 Å². The van der Waals surface area contributed by atoms with Gasteiger partial charge >= 0.3 is 0 Å². The van der Waals surface area contributed by atoms with E-state index in [1.165, 1.54) is 27.7 Å². The van der Waals surface area contributed by atoms with Gasteiger partial charge in [-0.1, -0.05) is 48.5 Å². The molecule has 3 nitrogen and oxygen atoms in total. The molecule has 0 unspecified atom stereocenters. The van der Waals surface area contributed by atoms with Gasteiger partial charge < -0.3 is 10.3 Å². The average molecular weight is 266 g/mol. The number of primary amides is 1. The van der Waals surface area contributed by atoms with E-state index in [1.807, 2.05) is 0 Å². The lowest BCUT2D eigenvalue weighted by Gasteiger charge is -2.05. The number of carbonyl (C=O) groups is 1. The Labute approximate surface area is 118 Å². The quantitative estimate of drug-likeness (QED) is 0.675. The highest BCUT2D eigenvalue weighted by atomic mass is 16.1. The lowest BCUT2D eigenvalue weighted by atomic mass is 10.1. The summed E-state index contributed by atoms with van der Waals surface area (Å²) < 4.78 is 2.28. The van der Waals surface area contributed by atoms with Crippen LogP contribution in [0.5, 0.6) is 0 Å². The number of rotatable bonds is 1. The molecule has 1 amide bonds. The van der Waals surface area contributed by atoms with E-state index in [0.29, 0.717) is 0 Å². The third-order valence-corrected chi connectivity index (χ3v) is 3.41. The molecule has 3 aromatic rings. The van der Waals surface area contributed by atoms with E-state index in [-0.39, 0.29) is 6.41 Å². The van der Waals surface area contributed by atoms with Crippen LogP contribution < -0.4 is 5.73 Å². The van der Waals surface area contributed by atoms with E-state index in [4.69, 9.17) is 4.79 Å². The van der Waals surface area contributed by atoms with Crippen LogP contribution in [-0.4, -0.2) is 11.0 Å². The van der Waals surface area contributed by atoms with Crippen LogP contribution in [0.15, 0.2) is 54.6 Å². The van der Waals surface area contributed by atoms with Crippen LogP contribution in [0.4, 0.5) is 0 Å². The van der Waals surface area contributed by atoms with Crippen molar-refractivity contribution in [2.75, 3.05) is 0 Å². The second-order valence-electron chi connectivity index (χ2n) is 4.55. The third-order valence-electron chi connectivity index (χ3n) is 3.41. The summed E-state index contributed by atoms with van der Waals surface area (Å²) in [5.41, 5.74) is 9.41. The van der Waals surface area contributed by atoms with Crippen molar-refractivity contribution in [1.82, 2.24) is 4.57 Å². The Morgan fingerprint density at radius 1 is 1.00 bits per heavy atom. The normalized spacial score (nSPS) is 9.90. The van der Waals surface area contributed by atoms with Crippen molar-refractivity contribution in [3.8, 4) is 11.3 Å². The minimum absolute atomic E-state index is 0.250. The van der Waals surface area contributed by atoms with Crippen molar-refractivity contribution in [3.63, 3.8) is 0 Å². The van der Waals surface area contributed by atoms with E-state index < -0.39 is 0 Å². The van der Waals surface area contributed by atoms with Crippen LogP contribution in [0.3, 0.4) is 0 Å². The number of fused-ring (bicyclic) bond motifs is 1. The van der Waals surface area contributed by atoms with E-state index in [0.717, 1.165) is 0 Å². The first kappa shape index (κ1) is 13.9. The van der Waals surface area contributed by atoms with Gasteiger partial charge in [-0.25, -0.2) is 0 Å². The first-order chi connectivity index (χ1) is 9.70. The van der Waals surface area contributed by atoms with E-state index in [9.17, 15) is 0 Å². The molecule has 0 spiro atoms. The summed E-state index contributed by atoms with van der Waals surface area (Å²) >= 11 is 0. The minimum atomic E-state index is 0.250. The highest BCUT2D eigenvalue weighted by Crippen LogP contribution is 2.31. The first-order valence-corrected chi connectivity index (χ1v) is 6.45. The molecule has 3 rings (SSSR count). The first-order valence-electron chi connectivity index (χ1n) is 6.45. The molecule has 0 bridgehead atoms. The Balaban J connectivity index is 0.000000452. The number of carbonyl (C=O) groups excluding carboxylic acids is 1. The SMILES string of the molecule is Cc1c(-c2ccccc2)n(C)c2ccccc12.NC=O. The number of nitrogens with two attached hydrogens (primary N) is 1. The van der Waals surface area contributed by atoms with Gasteiger partial charge in [0.15, 0.2) is 0 Å². The minimum Gasteiger partial charge on any atom is -0.372 e. The smallest absolute Gasteiger partial charge is 0.204 e. The molecule has 1 heterocycles. The number of aromatic nitrogens is 1. The maximum atomic E-state index is 8.58. The molecule has 2 N–H and O–H groups in total. The highest BCUT2D eigenvalue weighted by Gasteiger charge is 2.11. The van der Waals surface area contributed by atoms with Crippen molar-refractivity contribution >= 4 is 17.3 Å². The van der Waals surface area contributed by atoms with Gasteiger partial charge in [-0.15, -0.1) is 0 Å². The molecule has 2 aromatic carbocycles. The van der Waals surface area contributed by atoms with Crippen LogP contribution in [0.1, 0.15) is 5.56 Å². The number of benzene rings is 2. The second-order valence-corrected chi connectivity index (χ2v) is 4.55. The third kappa shape index (κ3) is 2.43. The maximum absolute atomic E-state index is 8.58. The predicted octanol–water partition coefficient (Wildman–Crippen LogP) is 3.26. The molecule has 0 saturated heterocycles. The molecular weight excluding hydrogens is 248 g/mol. The molecule has 102 valence electrons. The van der Waals surface area contributed by atoms with Gasteiger partial charge in [-0.05, 0) is 24.1 Å². The standard InChI is InChI=1S/C16H15N.CH3NO/c1-12-14-10-6-7-11-15(14)17(2)16(12)13-8-4-3-5-9-13;2-1-3/h3-11H,1-2H3;1H,(H2,2,3). The van der Waals surface area contributed by atoms with Crippen molar-refractivity contribution in [2.24, 2.45) is 12.8 Å². The maximum Gasteiger partial charge on any atom is 0.204 e. The summed E-state index contributed by atoms with van der Waals surface area (Å²) in [5, 5.41) is 1.34. The fourth-order valence-electron chi connectivity index (χ4n) is 2.59. The van der Waals surface area contributed by atoms with Gasteiger partial charge in [-0.3, -0.25) is 4.79 Å². The van der Waals surface area contributed by atoms with Gasteiger partial charge in [-0.2, -0.15) is 0 Å². The number of para-hydroxylation sites is 1. The van der Waals surface area contributed by atoms with Crippen LogP contribution in [0, 0.1) is 6.92 Å². The Bertz CT molecular complexity index is 675. The number of hydrogen-bond donors (Lipinski definition) is 1. The highest BCUT2D eigenvalue weighted by molar-refractivity contribution is 5.91. The van der Waals surface area contributed by atoms with E-state index >= 15 is 0 Å². The van der Waals surface area contributed by atoms with Crippen molar-refractivity contribution < 1.29 is 4.79 Å². The van der Waals surface area contributed by atoms with Crippen LogP contribution in [0.25, 0.3) is 22.2 Å². The fraction of sp³-hybridized carbons (Fsp3) is 0.118. The molecule has 20 heavy (non-hydrogen) atoms. The molecule has 0 aliphatic carbocycles. The summed E-state index contributed by atoms with van der Waals surface area (Å²) in [7, 11) is 2.14. The van der Waals surface area contributed by atoms with Crippen molar-refractivity contribution in [2.45, 2.75) is 6.92 Å². The Morgan fingerprint density at radius 3 is 2.15 bits per heavy atom. The van der Waals surface area contributed by atoms with Crippen LogP contribution in [-0.2, 0) is 11.8 Å². The van der Waals surface area contributed by atoms with Gasteiger partial charge in [0.25, 0.3) is 0 Å². The van der Waals surface area contributed by atoms with Crippen molar-refractivity contribution in [1.29, 1.82) is 0 Å². The number of amides is 1. The number of aryl methyl sites for hydroxylation is 2. The zero-order valence-electron chi connectivity index (χ0n) is 11.7. The van der Waals surface area contributed by atoms with E-state index in [2.05, 4.69) is 78.9 Å². The molecule has 0 aliphatic heterocycles. The average Bonchev–Trinajstić information content (AvgIpc) is 2.73. The van der Waals surface area contributed by atoms with Crippen LogP contribution in [0.2, 0.25) is 0 Å². The Hall–Kier alpha value is -2.55. The summed E-state index contributed by atoms with van der Waals surface area (Å²) in [6, 6.07) is 19.1. The topological polar surface area (TPSA) is 48.0 Å². The lowest BCUT2D eigenvalue weighted by molar-refractivity contribution is -0.106. The monoisotopic (exact) mass is 266 g/mol.